The third-order valence-electron chi connectivity index (χ3n) is 6.47. The molecular formula is C28H37ClN2O4. The zero-order valence-corrected chi connectivity index (χ0v) is 21.6. The Morgan fingerprint density at radius 1 is 1.03 bits per heavy atom. The molecule has 7 heteroatoms. The minimum Gasteiger partial charge on any atom is -0.497 e. The smallest absolute Gasteiger partial charge is 0.243 e. The second-order valence-electron chi connectivity index (χ2n) is 9.04. The molecule has 35 heavy (non-hydrogen) atoms. The molecule has 1 aliphatic rings. The number of ether oxygens (including phenoxy) is 2. The second-order valence-corrected chi connectivity index (χ2v) is 9.48. The van der Waals surface area contributed by atoms with Gasteiger partial charge in [0.2, 0.25) is 11.8 Å². The van der Waals surface area contributed by atoms with Crippen LogP contribution in [0.25, 0.3) is 0 Å². The SMILES string of the molecule is CCC(C(=O)NC1CCCCC1)N(Cc1ccc(OC)cc1)C(=O)CCCOc1ccc(Cl)cc1. The number of rotatable bonds is 12. The fourth-order valence-electron chi connectivity index (χ4n) is 4.48. The molecule has 1 fully saturated rings. The molecule has 6 nitrogen and oxygen atoms in total. The zero-order chi connectivity index (χ0) is 25.0. The van der Waals surface area contributed by atoms with Gasteiger partial charge in [-0.2, -0.15) is 0 Å². The van der Waals surface area contributed by atoms with E-state index in [4.69, 9.17) is 21.1 Å². The van der Waals surface area contributed by atoms with Gasteiger partial charge in [0, 0.05) is 24.0 Å². The lowest BCUT2D eigenvalue weighted by Gasteiger charge is -2.33. The summed E-state index contributed by atoms with van der Waals surface area (Å²) in [4.78, 5) is 28.4. The van der Waals surface area contributed by atoms with Gasteiger partial charge in [0.25, 0.3) is 0 Å². The highest BCUT2D eigenvalue weighted by atomic mass is 35.5. The van der Waals surface area contributed by atoms with Crippen LogP contribution in [0.4, 0.5) is 0 Å². The third-order valence-corrected chi connectivity index (χ3v) is 6.72. The topological polar surface area (TPSA) is 67.9 Å². The van der Waals surface area contributed by atoms with Gasteiger partial charge in [-0.3, -0.25) is 9.59 Å². The van der Waals surface area contributed by atoms with Crippen LogP contribution in [0.2, 0.25) is 5.02 Å². The van der Waals surface area contributed by atoms with Crippen LogP contribution in [0.5, 0.6) is 11.5 Å². The molecule has 0 spiro atoms. The van der Waals surface area contributed by atoms with Crippen LogP contribution < -0.4 is 14.8 Å². The zero-order valence-electron chi connectivity index (χ0n) is 20.8. The number of methoxy groups -OCH3 is 1. The van der Waals surface area contributed by atoms with Crippen molar-refractivity contribution in [2.45, 2.75) is 76.9 Å². The second kappa shape index (κ2) is 14.0. The Morgan fingerprint density at radius 2 is 1.69 bits per heavy atom. The molecule has 1 aliphatic carbocycles. The van der Waals surface area contributed by atoms with E-state index in [2.05, 4.69) is 5.32 Å². The number of benzene rings is 2. The molecular weight excluding hydrogens is 464 g/mol. The molecule has 1 saturated carbocycles. The predicted octanol–water partition coefficient (Wildman–Crippen LogP) is 5.76. The third kappa shape index (κ3) is 8.46. The van der Waals surface area contributed by atoms with Crippen LogP contribution in [0.15, 0.2) is 48.5 Å². The Balaban J connectivity index is 1.65. The Labute approximate surface area is 213 Å². The molecule has 0 heterocycles. The first kappa shape index (κ1) is 26.9. The summed E-state index contributed by atoms with van der Waals surface area (Å²) < 4.78 is 11.0. The first-order chi connectivity index (χ1) is 17.0. The fourth-order valence-corrected chi connectivity index (χ4v) is 4.61. The molecule has 1 atom stereocenters. The van der Waals surface area contributed by atoms with E-state index in [1.807, 2.05) is 43.3 Å². The molecule has 2 amide bonds. The van der Waals surface area contributed by atoms with Crippen molar-refractivity contribution in [2.24, 2.45) is 0 Å². The van der Waals surface area contributed by atoms with E-state index >= 15 is 0 Å². The quantitative estimate of drug-likeness (QED) is 0.376. The van der Waals surface area contributed by atoms with Crippen LogP contribution in [0.3, 0.4) is 0 Å². The largest absolute Gasteiger partial charge is 0.497 e. The van der Waals surface area contributed by atoms with Gasteiger partial charge in [-0.05, 0) is 67.6 Å². The average Bonchev–Trinajstić information content (AvgIpc) is 2.88. The van der Waals surface area contributed by atoms with Gasteiger partial charge in [-0.15, -0.1) is 0 Å². The molecule has 0 radical (unpaired) electrons. The average molecular weight is 501 g/mol. The van der Waals surface area contributed by atoms with Crippen molar-refractivity contribution in [3.8, 4) is 11.5 Å². The highest BCUT2D eigenvalue weighted by molar-refractivity contribution is 6.30. The minimum atomic E-state index is -0.510. The lowest BCUT2D eigenvalue weighted by atomic mass is 9.95. The molecule has 2 aromatic carbocycles. The minimum absolute atomic E-state index is 0.0498. The van der Waals surface area contributed by atoms with Gasteiger partial charge in [0.1, 0.15) is 17.5 Å². The lowest BCUT2D eigenvalue weighted by molar-refractivity contribution is -0.142. The summed E-state index contributed by atoms with van der Waals surface area (Å²) in [5, 5.41) is 3.87. The van der Waals surface area contributed by atoms with E-state index in [0.29, 0.717) is 37.4 Å². The highest BCUT2D eigenvalue weighted by Gasteiger charge is 2.30. The van der Waals surface area contributed by atoms with Crippen molar-refractivity contribution in [3.63, 3.8) is 0 Å². The van der Waals surface area contributed by atoms with Gasteiger partial charge in [0.15, 0.2) is 0 Å². The van der Waals surface area contributed by atoms with Crippen molar-refractivity contribution in [1.82, 2.24) is 10.2 Å². The maximum atomic E-state index is 13.4. The van der Waals surface area contributed by atoms with Crippen LogP contribution in [0.1, 0.15) is 63.9 Å². The summed E-state index contributed by atoms with van der Waals surface area (Å²) in [6, 6.07) is 14.5. The maximum Gasteiger partial charge on any atom is 0.243 e. The van der Waals surface area contributed by atoms with E-state index in [-0.39, 0.29) is 17.9 Å². The lowest BCUT2D eigenvalue weighted by Crippen LogP contribution is -2.51. The Morgan fingerprint density at radius 3 is 2.31 bits per heavy atom. The number of hydrogen-bond donors (Lipinski definition) is 1. The van der Waals surface area contributed by atoms with E-state index in [0.717, 1.165) is 42.7 Å². The predicted molar refractivity (Wildman–Crippen MR) is 139 cm³/mol. The van der Waals surface area contributed by atoms with Crippen molar-refractivity contribution in [1.29, 1.82) is 0 Å². The summed E-state index contributed by atoms with van der Waals surface area (Å²) in [5.74, 6) is 1.37. The molecule has 1 unspecified atom stereocenters. The number of carbonyl (C=O) groups is 2. The van der Waals surface area contributed by atoms with Gasteiger partial charge < -0.3 is 19.7 Å². The van der Waals surface area contributed by atoms with E-state index in [1.54, 1.807) is 24.1 Å². The molecule has 0 aromatic heterocycles. The first-order valence-electron chi connectivity index (χ1n) is 12.6. The molecule has 3 rings (SSSR count). The molecule has 190 valence electrons. The summed E-state index contributed by atoms with van der Waals surface area (Å²) in [7, 11) is 1.62. The molecule has 0 bridgehead atoms. The van der Waals surface area contributed by atoms with Crippen LogP contribution in [-0.4, -0.2) is 42.5 Å². The van der Waals surface area contributed by atoms with E-state index in [1.165, 1.54) is 6.42 Å². The molecule has 1 N–H and O–H groups in total. The number of nitrogens with zero attached hydrogens (tertiary/aromatic N) is 1. The normalized spacial score (nSPS) is 14.7. The van der Waals surface area contributed by atoms with E-state index < -0.39 is 6.04 Å². The maximum absolute atomic E-state index is 13.4. The molecule has 0 aliphatic heterocycles. The Hall–Kier alpha value is -2.73. The number of carbonyl (C=O) groups excluding carboxylic acids is 2. The van der Waals surface area contributed by atoms with Gasteiger partial charge in [0.05, 0.1) is 13.7 Å². The number of hydrogen-bond acceptors (Lipinski definition) is 4. The van der Waals surface area contributed by atoms with Gasteiger partial charge >= 0.3 is 0 Å². The van der Waals surface area contributed by atoms with Gasteiger partial charge in [-0.25, -0.2) is 0 Å². The van der Waals surface area contributed by atoms with Crippen molar-refractivity contribution < 1.29 is 19.1 Å². The summed E-state index contributed by atoms with van der Waals surface area (Å²) >= 11 is 5.92. The Bertz CT molecular complexity index is 927. The number of amides is 2. The first-order valence-corrected chi connectivity index (χ1v) is 13.0. The van der Waals surface area contributed by atoms with Crippen LogP contribution in [-0.2, 0) is 16.1 Å². The monoisotopic (exact) mass is 500 g/mol. The number of nitrogens with one attached hydrogen (secondary N) is 1. The van der Waals surface area contributed by atoms with Crippen molar-refractivity contribution in [3.05, 3.63) is 59.1 Å². The summed E-state index contributed by atoms with van der Waals surface area (Å²) in [6.45, 7) is 2.75. The Kier molecular flexibility index (Phi) is 10.7. The molecule has 2 aromatic rings. The molecule has 0 saturated heterocycles. The summed E-state index contributed by atoms with van der Waals surface area (Å²) in [5.41, 5.74) is 0.959. The van der Waals surface area contributed by atoms with Crippen molar-refractivity contribution >= 4 is 23.4 Å². The van der Waals surface area contributed by atoms with Crippen molar-refractivity contribution in [2.75, 3.05) is 13.7 Å². The van der Waals surface area contributed by atoms with Crippen LogP contribution >= 0.6 is 11.6 Å². The number of halogens is 1. The summed E-state index contributed by atoms with van der Waals surface area (Å²) in [6.07, 6.45) is 6.95. The standard InChI is InChI=1S/C28H37ClN2O4/c1-3-26(28(33)30-23-8-5-4-6-9-23)31(20-21-11-15-24(34-2)16-12-21)27(32)10-7-19-35-25-17-13-22(29)14-18-25/h11-18,23,26H,3-10,19-20H2,1-2H3,(H,30,33). The van der Waals surface area contributed by atoms with Gasteiger partial charge in [-0.1, -0.05) is 49.9 Å². The fraction of sp³-hybridized carbons (Fsp3) is 0.500. The van der Waals surface area contributed by atoms with Crippen LogP contribution in [0, 0.1) is 0 Å². The van der Waals surface area contributed by atoms with E-state index in [9.17, 15) is 9.59 Å². The highest BCUT2D eigenvalue weighted by Crippen LogP contribution is 2.21.